The Labute approximate surface area is 189 Å². The molecule has 176 valence electrons. The molecule has 33 heavy (non-hydrogen) atoms. The quantitative estimate of drug-likeness (QED) is 0.558. The SMILES string of the molecule is CN(Cc1ccc(Oc2cnc(C(F)(F)F)nc2)cc1)S(=O)C[C@@]1(C2CC2)NC(=O)NC1=O. The molecule has 0 spiro atoms. The van der Waals surface area contributed by atoms with Crippen molar-refractivity contribution in [3.63, 3.8) is 0 Å². The average Bonchev–Trinajstić information content (AvgIpc) is 3.56. The summed E-state index contributed by atoms with van der Waals surface area (Å²) >= 11 is 0. The molecule has 0 bridgehead atoms. The first-order valence-corrected chi connectivity index (χ1v) is 11.2. The van der Waals surface area contributed by atoms with Crippen LogP contribution >= 0.6 is 0 Å². The first-order valence-electron chi connectivity index (χ1n) is 9.96. The highest BCUT2D eigenvalue weighted by Crippen LogP contribution is 2.42. The number of rotatable bonds is 8. The largest absolute Gasteiger partial charge is 0.454 e. The molecule has 1 aliphatic heterocycles. The molecule has 1 saturated carbocycles. The molecule has 1 saturated heterocycles. The fourth-order valence-corrected chi connectivity index (χ4v) is 4.88. The molecule has 2 aromatic rings. The number of halogens is 3. The van der Waals surface area contributed by atoms with Gasteiger partial charge in [-0.15, -0.1) is 0 Å². The number of alkyl halides is 3. The van der Waals surface area contributed by atoms with E-state index in [-0.39, 0.29) is 17.4 Å². The molecule has 1 aromatic carbocycles. The first-order chi connectivity index (χ1) is 15.6. The van der Waals surface area contributed by atoms with Crippen molar-refractivity contribution in [1.29, 1.82) is 0 Å². The van der Waals surface area contributed by atoms with Crippen LogP contribution in [0, 0.1) is 5.92 Å². The normalized spacial score (nSPS) is 21.6. The van der Waals surface area contributed by atoms with Crippen molar-refractivity contribution in [3.05, 3.63) is 48.0 Å². The lowest BCUT2D eigenvalue weighted by Crippen LogP contribution is -2.54. The molecule has 13 heteroatoms. The van der Waals surface area contributed by atoms with Crippen LogP contribution in [-0.2, 0) is 28.5 Å². The monoisotopic (exact) mass is 483 g/mol. The third kappa shape index (κ3) is 5.14. The number of aromatic nitrogens is 2. The van der Waals surface area contributed by atoms with Crippen molar-refractivity contribution in [2.75, 3.05) is 12.8 Å². The van der Waals surface area contributed by atoms with Gasteiger partial charge in [0.25, 0.3) is 5.91 Å². The number of hydrogen-bond acceptors (Lipinski definition) is 6. The minimum atomic E-state index is -4.63. The molecular weight excluding hydrogens is 463 g/mol. The summed E-state index contributed by atoms with van der Waals surface area (Å²) in [6.45, 7) is 0.298. The minimum absolute atomic E-state index is 0.0130. The standard InChI is InChI=1S/C20H20F3N5O4S/c1-28(33(31)11-19(13-4-5-13)17(29)26-18(30)27-19)10-12-2-6-14(7-3-12)32-15-8-24-16(25-9-15)20(21,22)23/h2-3,6-9,13H,4-5,10-11H2,1H3,(H2,26,27,29,30)/t19-,33?/m0/s1. The molecule has 1 aliphatic carbocycles. The van der Waals surface area contributed by atoms with Gasteiger partial charge in [0.2, 0.25) is 5.82 Å². The van der Waals surface area contributed by atoms with Gasteiger partial charge in [-0.3, -0.25) is 10.1 Å². The minimum Gasteiger partial charge on any atom is -0.454 e. The van der Waals surface area contributed by atoms with Crippen molar-refractivity contribution in [2.45, 2.75) is 31.1 Å². The Bertz CT molecular complexity index is 1080. The highest BCUT2D eigenvalue weighted by Gasteiger charge is 2.57. The number of ether oxygens (including phenoxy) is 1. The van der Waals surface area contributed by atoms with Gasteiger partial charge in [-0.1, -0.05) is 12.1 Å². The van der Waals surface area contributed by atoms with E-state index in [1.54, 1.807) is 35.6 Å². The second kappa shape index (κ2) is 8.71. The summed E-state index contributed by atoms with van der Waals surface area (Å²) < 4.78 is 57.5. The lowest BCUT2D eigenvalue weighted by molar-refractivity contribution is -0.145. The van der Waals surface area contributed by atoms with E-state index >= 15 is 0 Å². The van der Waals surface area contributed by atoms with Crippen molar-refractivity contribution in [2.24, 2.45) is 5.92 Å². The smallest absolute Gasteiger partial charge is 0.451 e. The lowest BCUT2D eigenvalue weighted by Gasteiger charge is -2.27. The fraction of sp³-hybridized carbons (Fsp3) is 0.400. The van der Waals surface area contributed by atoms with Crippen molar-refractivity contribution in [1.82, 2.24) is 24.9 Å². The number of nitrogens with zero attached hydrogens (tertiary/aromatic N) is 3. The number of nitrogens with one attached hydrogen (secondary N) is 2. The van der Waals surface area contributed by atoms with Gasteiger partial charge in [-0.05, 0) is 36.5 Å². The van der Waals surface area contributed by atoms with Crippen LogP contribution in [0.4, 0.5) is 18.0 Å². The van der Waals surface area contributed by atoms with Crippen molar-refractivity contribution < 1.29 is 31.7 Å². The number of imide groups is 1. The van der Waals surface area contributed by atoms with Crippen LogP contribution in [0.25, 0.3) is 0 Å². The van der Waals surface area contributed by atoms with E-state index in [2.05, 4.69) is 20.6 Å². The third-order valence-corrected chi connectivity index (χ3v) is 6.91. The van der Waals surface area contributed by atoms with Crippen LogP contribution in [0.1, 0.15) is 24.2 Å². The molecular formula is C20H20F3N5O4S. The van der Waals surface area contributed by atoms with E-state index < -0.39 is 40.5 Å². The van der Waals surface area contributed by atoms with Gasteiger partial charge in [0, 0.05) is 13.6 Å². The second-order valence-corrected chi connectivity index (χ2v) is 9.45. The number of hydrogen-bond donors (Lipinski definition) is 2. The zero-order valence-corrected chi connectivity index (χ0v) is 18.2. The van der Waals surface area contributed by atoms with E-state index in [1.807, 2.05) is 0 Å². The van der Waals surface area contributed by atoms with Crippen LogP contribution in [0.3, 0.4) is 0 Å². The van der Waals surface area contributed by atoms with Gasteiger partial charge in [0.15, 0.2) is 5.75 Å². The van der Waals surface area contributed by atoms with Crippen molar-refractivity contribution >= 4 is 22.9 Å². The van der Waals surface area contributed by atoms with Gasteiger partial charge in [0.1, 0.15) is 11.3 Å². The van der Waals surface area contributed by atoms with Crippen LogP contribution in [0.15, 0.2) is 36.7 Å². The Morgan fingerprint density at radius 2 is 1.79 bits per heavy atom. The third-order valence-electron chi connectivity index (χ3n) is 5.39. The molecule has 3 amide bonds. The van der Waals surface area contributed by atoms with Gasteiger partial charge >= 0.3 is 12.2 Å². The Hall–Kier alpha value is -3.06. The number of amides is 3. The predicted molar refractivity (Wildman–Crippen MR) is 110 cm³/mol. The summed E-state index contributed by atoms with van der Waals surface area (Å²) in [5.41, 5.74) is -0.347. The molecule has 2 atom stereocenters. The van der Waals surface area contributed by atoms with Crippen LogP contribution in [0.5, 0.6) is 11.5 Å². The zero-order chi connectivity index (χ0) is 23.8. The lowest BCUT2D eigenvalue weighted by atomic mass is 9.96. The maximum Gasteiger partial charge on any atom is 0.451 e. The molecule has 0 radical (unpaired) electrons. The highest BCUT2D eigenvalue weighted by molar-refractivity contribution is 7.82. The zero-order valence-electron chi connectivity index (χ0n) is 17.4. The first kappa shape index (κ1) is 23.1. The summed E-state index contributed by atoms with van der Waals surface area (Å²) in [4.78, 5) is 30.5. The Morgan fingerprint density at radius 3 is 2.30 bits per heavy atom. The summed E-state index contributed by atoms with van der Waals surface area (Å²) in [7, 11) is 0.109. The summed E-state index contributed by atoms with van der Waals surface area (Å²) in [6.07, 6.45) is -1.17. The van der Waals surface area contributed by atoms with Crippen molar-refractivity contribution in [3.8, 4) is 11.5 Å². The maximum atomic E-state index is 12.9. The molecule has 1 unspecified atom stereocenters. The highest BCUT2D eigenvalue weighted by atomic mass is 32.2. The van der Waals surface area contributed by atoms with E-state index in [4.69, 9.17) is 4.74 Å². The van der Waals surface area contributed by atoms with Crippen LogP contribution < -0.4 is 15.4 Å². The molecule has 2 aliphatic rings. The van der Waals surface area contributed by atoms with E-state index in [0.717, 1.165) is 30.8 Å². The molecule has 9 nitrogen and oxygen atoms in total. The number of carbonyl (C=O) groups excluding carboxylic acids is 2. The Balaban J connectivity index is 1.35. The summed E-state index contributed by atoms with van der Waals surface area (Å²) in [6, 6.07) is 6.09. The van der Waals surface area contributed by atoms with Crippen LogP contribution in [0.2, 0.25) is 0 Å². The van der Waals surface area contributed by atoms with Gasteiger partial charge in [-0.25, -0.2) is 23.3 Å². The van der Waals surface area contributed by atoms with E-state index in [1.165, 1.54) is 0 Å². The average molecular weight is 483 g/mol. The number of urea groups is 1. The van der Waals surface area contributed by atoms with Gasteiger partial charge < -0.3 is 10.1 Å². The predicted octanol–water partition coefficient (Wildman–Crippen LogP) is 2.37. The van der Waals surface area contributed by atoms with Gasteiger partial charge in [-0.2, -0.15) is 13.2 Å². The number of carbonyl (C=O) groups is 2. The van der Waals surface area contributed by atoms with E-state index in [0.29, 0.717) is 12.3 Å². The van der Waals surface area contributed by atoms with Crippen LogP contribution in [-0.4, -0.2) is 48.8 Å². The second-order valence-electron chi connectivity index (χ2n) is 7.89. The number of benzene rings is 1. The summed E-state index contributed by atoms with van der Waals surface area (Å²) in [5, 5.41) is 4.90. The van der Waals surface area contributed by atoms with Gasteiger partial charge in [0.05, 0.1) is 29.1 Å². The molecule has 2 heterocycles. The topological polar surface area (TPSA) is 114 Å². The Morgan fingerprint density at radius 1 is 1.15 bits per heavy atom. The maximum absolute atomic E-state index is 12.9. The fourth-order valence-electron chi connectivity index (χ4n) is 3.54. The molecule has 1 aromatic heterocycles. The Kier molecular flexibility index (Phi) is 6.10. The molecule has 2 fully saturated rings. The molecule has 2 N–H and O–H groups in total. The summed E-state index contributed by atoms with van der Waals surface area (Å²) in [5.74, 6) is -1.31. The molecule has 4 rings (SSSR count). The van der Waals surface area contributed by atoms with E-state index in [9.17, 15) is 27.0 Å².